The van der Waals surface area contributed by atoms with E-state index >= 15 is 0 Å². The molecule has 3 aromatic carbocycles. The average Bonchev–Trinajstić information content (AvgIpc) is 2.74. The molecule has 0 aliphatic carbocycles. The van der Waals surface area contributed by atoms with E-state index in [0.29, 0.717) is 5.56 Å². The molecule has 0 N–H and O–H groups in total. The summed E-state index contributed by atoms with van der Waals surface area (Å²) in [5.74, 6) is -0.139. The summed E-state index contributed by atoms with van der Waals surface area (Å²) in [5.41, 5.74) is 4.87. The van der Waals surface area contributed by atoms with Crippen LogP contribution in [0.15, 0.2) is 97.2 Å². The van der Waals surface area contributed by atoms with Crippen LogP contribution in [0, 0.1) is 10.1 Å². The Kier molecular flexibility index (Phi) is 4.45. The van der Waals surface area contributed by atoms with E-state index in [1.165, 1.54) is 0 Å². The molecular weight excluding hydrogens is 336 g/mol. The van der Waals surface area contributed by atoms with E-state index < -0.39 is 4.92 Å². The second-order valence-corrected chi connectivity index (χ2v) is 6.10. The van der Waals surface area contributed by atoms with Gasteiger partial charge in [0.1, 0.15) is 6.20 Å². The zero-order chi connectivity index (χ0) is 18.6. The van der Waals surface area contributed by atoms with Gasteiger partial charge < -0.3 is 10.1 Å². The molecule has 0 saturated heterocycles. The first-order chi connectivity index (χ1) is 13.3. The van der Waals surface area contributed by atoms with Gasteiger partial charge in [0.05, 0.1) is 5.56 Å². The molecule has 4 nitrogen and oxygen atoms in total. The smallest absolute Gasteiger partial charge is 0.358 e. The van der Waals surface area contributed by atoms with E-state index in [1.54, 1.807) is 6.20 Å². The van der Waals surface area contributed by atoms with E-state index in [2.05, 4.69) is 4.98 Å². The van der Waals surface area contributed by atoms with Crippen LogP contribution in [-0.2, 0) is 0 Å². The molecule has 0 aliphatic rings. The summed E-state index contributed by atoms with van der Waals surface area (Å²) >= 11 is 0. The Morgan fingerprint density at radius 1 is 0.630 bits per heavy atom. The van der Waals surface area contributed by atoms with Gasteiger partial charge >= 0.3 is 5.82 Å². The van der Waals surface area contributed by atoms with Crippen molar-refractivity contribution in [3.05, 3.63) is 107 Å². The molecule has 0 radical (unpaired) electrons. The van der Waals surface area contributed by atoms with E-state index in [4.69, 9.17) is 0 Å². The molecular formula is C23H16N2O2. The zero-order valence-electron chi connectivity index (χ0n) is 14.4. The van der Waals surface area contributed by atoms with Gasteiger partial charge in [-0.1, -0.05) is 91.0 Å². The first kappa shape index (κ1) is 16.7. The molecule has 4 heteroatoms. The van der Waals surface area contributed by atoms with Crippen LogP contribution in [0.3, 0.4) is 0 Å². The van der Waals surface area contributed by atoms with Gasteiger partial charge in [-0.15, -0.1) is 0 Å². The molecule has 4 aromatic rings. The van der Waals surface area contributed by atoms with Crippen LogP contribution in [0.25, 0.3) is 33.4 Å². The van der Waals surface area contributed by atoms with Gasteiger partial charge in [-0.2, -0.15) is 0 Å². The first-order valence-electron chi connectivity index (χ1n) is 8.59. The summed E-state index contributed by atoms with van der Waals surface area (Å²) in [5, 5.41) is 11.8. The van der Waals surface area contributed by atoms with Gasteiger partial charge in [-0.25, -0.2) is 0 Å². The van der Waals surface area contributed by atoms with Crippen LogP contribution in [0.2, 0.25) is 0 Å². The van der Waals surface area contributed by atoms with E-state index in [0.717, 1.165) is 27.8 Å². The Balaban J connectivity index is 2.13. The lowest BCUT2D eigenvalue weighted by Crippen LogP contribution is -2.00. The van der Waals surface area contributed by atoms with Crippen molar-refractivity contribution in [2.75, 3.05) is 0 Å². The van der Waals surface area contributed by atoms with E-state index in [9.17, 15) is 10.1 Å². The quantitative estimate of drug-likeness (QED) is 0.335. The first-order valence-corrected chi connectivity index (χ1v) is 8.59. The third-order valence-electron chi connectivity index (χ3n) is 4.44. The monoisotopic (exact) mass is 352 g/mol. The molecule has 27 heavy (non-hydrogen) atoms. The number of nitro groups is 1. The maximum absolute atomic E-state index is 11.8. The Labute approximate surface area is 156 Å². The SMILES string of the molecule is O=[N+]([O-])c1ncc(-c2ccccc2)c(-c2ccccc2)c1-c1ccccc1. The highest BCUT2D eigenvalue weighted by atomic mass is 16.6. The Morgan fingerprint density at radius 3 is 1.56 bits per heavy atom. The van der Waals surface area contributed by atoms with Crippen LogP contribution in [0.5, 0.6) is 0 Å². The van der Waals surface area contributed by atoms with Crippen molar-refractivity contribution in [1.29, 1.82) is 0 Å². The normalized spacial score (nSPS) is 10.5. The summed E-state index contributed by atoms with van der Waals surface area (Å²) in [6.45, 7) is 0. The summed E-state index contributed by atoms with van der Waals surface area (Å²) in [6, 6.07) is 29.0. The summed E-state index contributed by atoms with van der Waals surface area (Å²) < 4.78 is 0. The number of hydrogen-bond donors (Lipinski definition) is 0. The number of benzene rings is 3. The fourth-order valence-electron chi connectivity index (χ4n) is 3.26. The molecule has 0 amide bonds. The summed E-state index contributed by atoms with van der Waals surface area (Å²) in [6.07, 6.45) is 1.60. The molecule has 0 aliphatic heterocycles. The second kappa shape index (κ2) is 7.22. The number of hydrogen-bond acceptors (Lipinski definition) is 3. The van der Waals surface area contributed by atoms with Gasteiger partial charge in [-0.3, -0.25) is 0 Å². The number of pyridine rings is 1. The van der Waals surface area contributed by atoms with Gasteiger partial charge in [0.15, 0.2) is 0 Å². The third kappa shape index (κ3) is 3.20. The van der Waals surface area contributed by atoms with Gasteiger partial charge in [-0.05, 0) is 26.6 Å². The maximum Gasteiger partial charge on any atom is 0.371 e. The van der Waals surface area contributed by atoms with Gasteiger partial charge in [0.2, 0.25) is 0 Å². The van der Waals surface area contributed by atoms with E-state index in [1.807, 2.05) is 91.0 Å². The zero-order valence-corrected chi connectivity index (χ0v) is 14.4. The molecule has 0 unspecified atom stereocenters. The summed E-state index contributed by atoms with van der Waals surface area (Å²) in [7, 11) is 0. The number of rotatable bonds is 4. The topological polar surface area (TPSA) is 56.0 Å². The largest absolute Gasteiger partial charge is 0.371 e. The van der Waals surface area contributed by atoms with Gasteiger partial charge in [0.25, 0.3) is 0 Å². The average molecular weight is 352 g/mol. The minimum Gasteiger partial charge on any atom is -0.358 e. The lowest BCUT2D eigenvalue weighted by Gasteiger charge is -2.15. The van der Waals surface area contributed by atoms with Gasteiger partial charge in [0, 0.05) is 11.1 Å². The minimum absolute atomic E-state index is 0.139. The molecule has 1 heterocycles. The van der Waals surface area contributed by atoms with Crippen molar-refractivity contribution in [3.63, 3.8) is 0 Å². The molecule has 0 bridgehead atoms. The fourth-order valence-corrected chi connectivity index (χ4v) is 3.26. The third-order valence-corrected chi connectivity index (χ3v) is 4.44. The molecule has 130 valence electrons. The number of aromatic nitrogens is 1. The molecule has 1 aromatic heterocycles. The van der Waals surface area contributed by atoms with Crippen molar-refractivity contribution in [3.8, 4) is 33.4 Å². The van der Waals surface area contributed by atoms with Crippen LogP contribution in [0.1, 0.15) is 0 Å². The van der Waals surface area contributed by atoms with Crippen LogP contribution in [0.4, 0.5) is 5.82 Å². The van der Waals surface area contributed by atoms with Crippen molar-refractivity contribution >= 4 is 5.82 Å². The lowest BCUT2D eigenvalue weighted by molar-refractivity contribution is -0.388. The molecule has 0 atom stereocenters. The number of nitrogens with zero attached hydrogens (tertiary/aromatic N) is 2. The minimum atomic E-state index is -0.413. The highest BCUT2D eigenvalue weighted by Crippen LogP contribution is 2.43. The summed E-state index contributed by atoms with van der Waals surface area (Å²) in [4.78, 5) is 15.6. The lowest BCUT2D eigenvalue weighted by atomic mass is 9.89. The maximum atomic E-state index is 11.8. The molecule has 0 fully saturated rings. The predicted molar refractivity (Wildman–Crippen MR) is 107 cm³/mol. The molecule has 0 spiro atoms. The van der Waals surface area contributed by atoms with Crippen LogP contribution >= 0.6 is 0 Å². The Hall–Kier alpha value is -3.79. The Morgan fingerprint density at radius 2 is 1.07 bits per heavy atom. The standard InChI is InChI=1S/C23H16N2O2/c26-25(27)23-22(19-14-8-3-9-15-19)21(18-12-6-2-7-13-18)20(16-24-23)17-10-4-1-5-11-17/h1-16H. The van der Waals surface area contributed by atoms with E-state index in [-0.39, 0.29) is 5.82 Å². The Bertz CT molecular complexity index is 1080. The van der Waals surface area contributed by atoms with Crippen LogP contribution < -0.4 is 0 Å². The molecule has 0 saturated carbocycles. The van der Waals surface area contributed by atoms with Crippen LogP contribution in [-0.4, -0.2) is 9.91 Å². The highest BCUT2D eigenvalue weighted by Gasteiger charge is 2.25. The second-order valence-electron chi connectivity index (χ2n) is 6.10. The predicted octanol–water partition coefficient (Wildman–Crippen LogP) is 5.99. The fraction of sp³-hybridized carbons (Fsp3) is 0. The molecule has 4 rings (SSSR count). The van der Waals surface area contributed by atoms with Crippen molar-refractivity contribution in [2.24, 2.45) is 0 Å². The van der Waals surface area contributed by atoms with Crippen molar-refractivity contribution < 1.29 is 4.92 Å². The highest BCUT2D eigenvalue weighted by molar-refractivity contribution is 5.97. The van der Waals surface area contributed by atoms with Crippen molar-refractivity contribution in [2.45, 2.75) is 0 Å². The van der Waals surface area contributed by atoms with Crippen molar-refractivity contribution in [1.82, 2.24) is 4.98 Å².